The van der Waals surface area contributed by atoms with Crippen LogP contribution in [0.4, 0.5) is 0 Å². The summed E-state index contributed by atoms with van der Waals surface area (Å²) in [6.45, 7) is 0. The second kappa shape index (κ2) is 12.0. The van der Waals surface area contributed by atoms with Gasteiger partial charge in [0.1, 0.15) is 0 Å². The molecule has 0 aliphatic rings. The standard InChI is InChI=1S/C52H32S/c1-2-14-35-30-37(27-26-33(35)12-1)36-16-9-17-39(31-36)50-44-20-5-6-21-45(44)51(43-23-10-15-34-13-3-4-18-40(34)43)46-29-28-38(32-48(46)50)41-22-11-24-47-42-19-7-8-25-49(42)53-52(41)47/h1-32H. The predicted octanol–water partition coefficient (Wildman–Crippen LogP) is 15.3. The fourth-order valence-electron chi connectivity index (χ4n) is 8.59. The van der Waals surface area contributed by atoms with Crippen LogP contribution in [0.1, 0.15) is 0 Å². The molecule has 0 spiro atoms. The lowest BCUT2D eigenvalue weighted by molar-refractivity contribution is 1.62. The maximum absolute atomic E-state index is 2.47. The first kappa shape index (κ1) is 30.1. The molecule has 0 saturated carbocycles. The van der Waals surface area contributed by atoms with Gasteiger partial charge in [0.15, 0.2) is 0 Å². The van der Waals surface area contributed by atoms with Crippen LogP contribution >= 0.6 is 11.3 Å². The van der Waals surface area contributed by atoms with Crippen LogP contribution in [0.3, 0.4) is 0 Å². The summed E-state index contributed by atoms with van der Waals surface area (Å²) < 4.78 is 2.66. The number of hydrogen-bond acceptors (Lipinski definition) is 1. The molecule has 0 atom stereocenters. The van der Waals surface area contributed by atoms with Gasteiger partial charge < -0.3 is 0 Å². The van der Waals surface area contributed by atoms with E-state index in [2.05, 4.69) is 194 Å². The van der Waals surface area contributed by atoms with E-state index >= 15 is 0 Å². The van der Waals surface area contributed by atoms with E-state index in [1.807, 2.05) is 11.3 Å². The van der Waals surface area contributed by atoms with Gasteiger partial charge in [0.25, 0.3) is 0 Å². The van der Waals surface area contributed by atoms with Crippen LogP contribution in [-0.4, -0.2) is 0 Å². The minimum atomic E-state index is 1.22. The summed E-state index contributed by atoms with van der Waals surface area (Å²) in [5.74, 6) is 0. The van der Waals surface area contributed by atoms with Crippen LogP contribution in [0.2, 0.25) is 0 Å². The van der Waals surface area contributed by atoms with Gasteiger partial charge in [0.2, 0.25) is 0 Å². The fraction of sp³-hybridized carbons (Fsp3) is 0. The van der Waals surface area contributed by atoms with Gasteiger partial charge in [-0.05, 0) is 112 Å². The summed E-state index contributed by atoms with van der Waals surface area (Å²) >= 11 is 1.89. The van der Waals surface area contributed by atoms with Crippen molar-refractivity contribution in [3.8, 4) is 44.5 Å². The summed E-state index contributed by atoms with van der Waals surface area (Å²) in [6.07, 6.45) is 0. The zero-order valence-electron chi connectivity index (χ0n) is 28.9. The van der Waals surface area contributed by atoms with Gasteiger partial charge >= 0.3 is 0 Å². The number of fused-ring (bicyclic) bond motifs is 7. The van der Waals surface area contributed by atoms with Crippen molar-refractivity contribution in [1.29, 1.82) is 0 Å². The molecule has 53 heavy (non-hydrogen) atoms. The quantitative estimate of drug-likeness (QED) is 0.162. The largest absolute Gasteiger partial charge is 0.135 e. The summed E-state index contributed by atoms with van der Waals surface area (Å²) in [6, 6.07) is 71.9. The maximum Gasteiger partial charge on any atom is 0.0433 e. The highest BCUT2D eigenvalue weighted by atomic mass is 32.1. The van der Waals surface area contributed by atoms with Crippen molar-refractivity contribution in [1.82, 2.24) is 0 Å². The first-order valence-electron chi connectivity index (χ1n) is 18.3. The highest BCUT2D eigenvalue weighted by molar-refractivity contribution is 7.26. The number of rotatable bonds is 4. The van der Waals surface area contributed by atoms with Crippen LogP contribution in [-0.2, 0) is 0 Å². The summed E-state index contributed by atoms with van der Waals surface area (Å²) in [5.41, 5.74) is 10.0. The van der Waals surface area contributed by atoms with Gasteiger partial charge in [-0.25, -0.2) is 0 Å². The topological polar surface area (TPSA) is 0 Å². The van der Waals surface area contributed by atoms with Gasteiger partial charge in [-0.15, -0.1) is 11.3 Å². The molecule has 11 rings (SSSR count). The molecule has 1 heterocycles. The van der Waals surface area contributed by atoms with E-state index in [4.69, 9.17) is 0 Å². The maximum atomic E-state index is 2.47. The molecule has 10 aromatic carbocycles. The molecule has 0 amide bonds. The van der Waals surface area contributed by atoms with Crippen LogP contribution in [0.15, 0.2) is 194 Å². The minimum absolute atomic E-state index is 1.22. The molecule has 11 aromatic rings. The van der Waals surface area contributed by atoms with Crippen LogP contribution in [0.5, 0.6) is 0 Å². The predicted molar refractivity (Wildman–Crippen MR) is 231 cm³/mol. The van der Waals surface area contributed by atoms with Crippen molar-refractivity contribution in [3.05, 3.63) is 194 Å². The minimum Gasteiger partial charge on any atom is -0.135 e. The third-order valence-electron chi connectivity index (χ3n) is 11.0. The van der Waals surface area contributed by atoms with Crippen molar-refractivity contribution in [2.45, 2.75) is 0 Å². The average Bonchev–Trinajstić information content (AvgIpc) is 3.61. The Morgan fingerprint density at radius 2 is 0.849 bits per heavy atom. The molecule has 1 heteroatoms. The average molecular weight is 689 g/mol. The Morgan fingerprint density at radius 1 is 0.264 bits per heavy atom. The Bertz CT molecular complexity index is 3230. The third kappa shape index (κ3) is 4.82. The van der Waals surface area contributed by atoms with Gasteiger partial charge in [-0.1, -0.05) is 170 Å². The van der Waals surface area contributed by atoms with E-state index in [1.54, 1.807) is 0 Å². The van der Waals surface area contributed by atoms with Crippen molar-refractivity contribution < 1.29 is 0 Å². The number of thiophene rings is 1. The molecule has 0 saturated heterocycles. The molecule has 1 aromatic heterocycles. The van der Waals surface area contributed by atoms with E-state index in [1.165, 1.54) is 108 Å². The molecule has 0 radical (unpaired) electrons. The molecule has 0 aliphatic carbocycles. The first-order chi connectivity index (χ1) is 26.3. The monoisotopic (exact) mass is 688 g/mol. The van der Waals surface area contributed by atoms with E-state index in [9.17, 15) is 0 Å². The lowest BCUT2D eigenvalue weighted by atomic mass is 9.83. The van der Waals surface area contributed by atoms with Gasteiger partial charge in [-0.2, -0.15) is 0 Å². The molecule has 0 fully saturated rings. The Hall–Kier alpha value is -6.54. The molecule has 0 nitrogen and oxygen atoms in total. The first-order valence-corrected chi connectivity index (χ1v) is 19.1. The molecular weight excluding hydrogens is 657 g/mol. The molecule has 246 valence electrons. The summed E-state index contributed by atoms with van der Waals surface area (Å²) in [7, 11) is 0. The van der Waals surface area contributed by atoms with E-state index in [0.717, 1.165) is 0 Å². The number of benzene rings is 10. The Kier molecular flexibility index (Phi) is 6.83. The lowest BCUT2D eigenvalue weighted by Gasteiger charge is -2.20. The smallest absolute Gasteiger partial charge is 0.0433 e. The zero-order valence-corrected chi connectivity index (χ0v) is 29.7. The van der Waals surface area contributed by atoms with Crippen molar-refractivity contribution in [2.24, 2.45) is 0 Å². The van der Waals surface area contributed by atoms with Gasteiger partial charge in [0, 0.05) is 20.2 Å². The van der Waals surface area contributed by atoms with Crippen molar-refractivity contribution in [3.63, 3.8) is 0 Å². The normalized spacial score (nSPS) is 11.8. The van der Waals surface area contributed by atoms with Crippen molar-refractivity contribution >= 4 is 74.6 Å². The highest BCUT2D eigenvalue weighted by Crippen LogP contribution is 2.48. The van der Waals surface area contributed by atoms with Gasteiger partial charge in [0.05, 0.1) is 0 Å². The second-order valence-electron chi connectivity index (χ2n) is 14.0. The molecule has 0 N–H and O–H groups in total. The Morgan fingerprint density at radius 3 is 1.74 bits per heavy atom. The molecule has 0 unspecified atom stereocenters. The SMILES string of the molecule is c1cc(-c2ccc3ccccc3c2)cc(-c2c3ccccc3c(-c3cccc4ccccc34)c3ccc(-c4cccc5c4sc4ccccc45)cc23)c1. The fourth-order valence-corrected chi connectivity index (χ4v) is 9.83. The molecule has 0 bridgehead atoms. The number of hydrogen-bond donors (Lipinski definition) is 0. The second-order valence-corrected chi connectivity index (χ2v) is 15.1. The van der Waals surface area contributed by atoms with E-state index < -0.39 is 0 Å². The zero-order chi connectivity index (χ0) is 34.9. The van der Waals surface area contributed by atoms with Crippen LogP contribution < -0.4 is 0 Å². The molecular formula is C52H32S. The third-order valence-corrected chi connectivity index (χ3v) is 12.3. The Balaban J connectivity index is 1.23. The highest BCUT2D eigenvalue weighted by Gasteiger charge is 2.20. The summed E-state index contributed by atoms with van der Waals surface area (Å²) in [4.78, 5) is 0. The summed E-state index contributed by atoms with van der Waals surface area (Å²) in [5, 5.41) is 12.7. The Labute approximate surface area is 311 Å². The van der Waals surface area contributed by atoms with E-state index in [-0.39, 0.29) is 0 Å². The molecule has 0 aliphatic heterocycles. The van der Waals surface area contributed by atoms with Crippen LogP contribution in [0, 0.1) is 0 Å². The van der Waals surface area contributed by atoms with Crippen molar-refractivity contribution in [2.75, 3.05) is 0 Å². The van der Waals surface area contributed by atoms with Gasteiger partial charge in [-0.3, -0.25) is 0 Å². The van der Waals surface area contributed by atoms with Crippen LogP contribution in [0.25, 0.3) is 108 Å². The lowest BCUT2D eigenvalue weighted by Crippen LogP contribution is -1.93. The van der Waals surface area contributed by atoms with E-state index in [0.29, 0.717) is 0 Å².